The van der Waals surface area contributed by atoms with E-state index in [1.54, 1.807) is 6.08 Å². The smallest absolute Gasteiger partial charge is 0.244 e. The van der Waals surface area contributed by atoms with Crippen molar-refractivity contribution in [3.63, 3.8) is 0 Å². The Hall–Kier alpha value is -1.26. The van der Waals surface area contributed by atoms with E-state index >= 15 is 0 Å². The molecule has 2 N–H and O–H groups in total. The van der Waals surface area contributed by atoms with Crippen LogP contribution in [0.5, 0.6) is 0 Å². The Kier molecular flexibility index (Phi) is 7.18. The molecule has 1 amide bonds. The van der Waals surface area contributed by atoms with Crippen LogP contribution in [0.1, 0.15) is 45.1 Å². The molecule has 4 heteroatoms. The third-order valence-electron chi connectivity index (χ3n) is 3.96. The van der Waals surface area contributed by atoms with E-state index in [4.69, 9.17) is 0 Å². The number of rotatable bonds is 6. The fraction of sp³-hybridized carbons (Fsp3) is 0.526. The molecule has 1 aromatic carbocycles. The van der Waals surface area contributed by atoms with Gasteiger partial charge in [0.25, 0.3) is 0 Å². The fourth-order valence-electron chi connectivity index (χ4n) is 2.68. The number of carbonyl (C=O) groups is 1. The third-order valence-corrected chi connectivity index (χ3v) is 5.48. The van der Waals surface area contributed by atoms with Crippen LogP contribution in [0.25, 0.3) is 6.08 Å². The van der Waals surface area contributed by atoms with Gasteiger partial charge in [0.2, 0.25) is 5.91 Å². The van der Waals surface area contributed by atoms with E-state index in [1.807, 2.05) is 36.0 Å². The van der Waals surface area contributed by atoms with Crippen LogP contribution in [0.2, 0.25) is 0 Å². The first-order valence-corrected chi connectivity index (χ1v) is 9.43. The molecule has 2 atom stereocenters. The van der Waals surface area contributed by atoms with Gasteiger partial charge in [0, 0.05) is 16.7 Å². The van der Waals surface area contributed by atoms with E-state index in [-0.39, 0.29) is 11.9 Å². The number of amides is 1. The minimum absolute atomic E-state index is 0.105. The van der Waals surface area contributed by atoms with Crippen molar-refractivity contribution in [2.45, 2.75) is 56.6 Å². The Bertz CT molecular complexity index is 542. The highest BCUT2D eigenvalue weighted by atomic mass is 32.2. The van der Waals surface area contributed by atoms with Gasteiger partial charge in [-0.25, -0.2) is 0 Å². The van der Waals surface area contributed by atoms with Crippen molar-refractivity contribution in [2.24, 2.45) is 5.92 Å². The number of carbonyl (C=O) groups excluding carboxylic acids is 1. The van der Waals surface area contributed by atoms with Gasteiger partial charge < -0.3 is 10.4 Å². The van der Waals surface area contributed by atoms with Gasteiger partial charge in [0.15, 0.2) is 0 Å². The summed E-state index contributed by atoms with van der Waals surface area (Å²) in [5.74, 6) is 1.57. The first-order chi connectivity index (χ1) is 11.1. The van der Waals surface area contributed by atoms with Crippen LogP contribution in [-0.2, 0) is 4.79 Å². The molecule has 0 radical (unpaired) electrons. The van der Waals surface area contributed by atoms with E-state index in [0.717, 1.165) is 37.0 Å². The minimum Gasteiger partial charge on any atom is -0.391 e. The number of benzene rings is 1. The number of aliphatic hydroxyl groups is 1. The summed E-state index contributed by atoms with van der Waals surface area (Å²) in [6, 6.07) is 8.03. The Morgan fingerprint density at radius 1 is 1.35 bits per heavy atom. The van der Waals surface area contributed by atoms with Gasteiger partial charge in [-0.05, 0) is 36.5 Å². The molecule has 1 saturated carbocycles. The lowest BCUT2D eigenvalue weighted by molar-refractivity contribution is -0.118. The molecule has 0 bridgehead atoms. The van der Waals surface area contributed by atoms with Crippen LogP contribution in [0.3, 0.4) is 0 Å². The predicted molar refractivity (Wildman–Crippen MR) is 97.4 cm³/mol. The van der Waals surface area contributed by atoms with Crippen molar-refractivity contribution < 1.29 is 9.90 Å². The summed E-state index contributed by atoms with van der Waals surface area (Å²) in [5, 5.41) is 12.9. The molecule has 1 aliphatic rings. The Balaban J connectivity index is 1.95. The van der Waals surface area contributed by atoms with Gasteiger partial charge in [-0.15, -0.1) is 11.8 Å². The highest BCUT2D eigenvalue weighted by molar-refractivity contribution is 7.99. The zero-order valence-corrected chi connectivity index (χ0v) is 14.8. The van der Waals surface area contributed by atoms with Crippen molar-refractivity contribution in [1.82, 2.24) is 5.32 Å². The molecule has 2 rings (SSSR count). The van der Waals surface area contributed by atoms with E-state index in [9.17, 15) is 9.90 Å². The Labute approximate surface area is 143 Å². The van der Waals surface area contributed by atoms with E-state index in [0.29, 0.717) is 5.92 Å². The van der Waals surface area contributed by atoms with Gasteiger partial charge in [-0.2, -0.15) is 0 Å². The van der Waals surface area contributed by atoms with Crippen molar-refractivity contribution in [1.29, 1.82) is 0 Å². The van der Waals surface area contributed by atoms with Crippen molar-refractivity contribution in [3.8, 4) is 0 Å². The summed E-state index contributed by atoms with van der Waals surface area (Å²) in [5.41, 5.74) is 1.07. The molecule has 3 nitrogen and oxygen atoms in total. The molecular weight excluding hydrogens is 306 g/mol. The number of aliphatic hydroxyl groups excluding tert-OH is 1. The predicted octanol–water partition coefficient (Wildman–Crippen LogP) is 3.87. The van der Waals surface area contributed by atoms with Crippen LogP contribution in [0.4, 0.5) is 0 Å². The van der Waals surface area contributed by atoms with Crippen LogP contribution in [-0.4, -0.2) is 28.9 Å². The second kappa shape index (κ2) is 9.14. The fourth-order valence-corrected chi connectivity index (χ4v) is 3.67. The summed E-state index contributed by atoms with van der Waals surface area (Å²) in [6.45, 7) is 4.41. The summed E-state index contributed by atoms with van der Waals surface area (Å²) >= 11 is 1.82. The van der Waals surface area contributed by atoms with E-state index < -0.39 is 6.10 Å². The minimum atomic E-state index is -0.407. The monoisotopic (exact) mass is 333 g/mol. The highest BCUT2D eigenvalue weighted by Gasteiger charge is 2.23. The number of hydrogen-bond acceptors (Lipinski definition) is 3. The molecular formula is C19H27NO2S. The third kappa shape index (κ3) is 6.04. The SMILES string of the molecule is CC(C)CSc1ccccc1C=CC(=O)NC1CCCCC1O. The lowest BCUT2D eigenvalue weighted by Gasteiger charge is -2.27. The van der Waals surface area contributed by atoms with Gasteiger partial charge in [-0.1, -0.05) is 44.9 Å². The summed E-state index contributed by atoms with van der Waals surface area (Å²) in [4.78, 5) is 13.3. The molecule has 0 spiro atoms. The number of thioether (sulfide) groups is 1. The molecule has 2 unspecified atom stereocenters. The van der Waals surface area contributed by atoms with Gasteiger partial charge in [-0.3, -0.25) is 4.79 Å². The molecule has 0 aliphatic heterocycles. The summed E-state index contributed by atoms with van der Waals surface area (Å²) in [7, 11) is 0. The molecule has 0 saturated heterocycles. The maximum Gasteiger partial charge on any atom is 0.244 e. The van der Waals surface area contributed by atoms with Crippen LogP contribution < -0.4 is 5.32 Å². The average molecular weight is 333 g/mol. The molecule has 1 aromatic rings. The normalized spacial score (nSPS) is 21.7. The second-order valence-corrected chi connectivity index (χ2v) is 7.60. The molecule has 0 heterocycles. The highest BCUT2D eigenvalue weighted by Crippen LogP contribution is 2.25. The molecule has 0 aromatic heterocycles. The zero-order chi connectivity index (χ0) is 16.7. The van der Waals surface area contributed by atoms with Crippen LogP contribution >= 0.6 is 11.8 Å². The number of hydrogen-bond donors (Lipinski definition) is 2. The summed E-state index contributed by atoms with van der Waals surface area (Å²) in [6.07, 6.45) is 6.80. The first kappa shape index (κ1) is 18.1. The molecule has 1 aliphatic carbocycles. The van der Waals surface area contributed by atoms with Crippen LogP contribution in [0, 0.1) is 5.92 Å². The summed E-state index contributed by atoms with van der Waals surface area (Å²) < 4.78 is 0. The Morgan fingerprint density at radius 2 is 2.09 bits per heavy atom. The van der Waals surface area contributed by atoms with Crippen molar-refractivity contribution >= 4 is 23.7 Å². The maximum atomic E-state index is 12.1. The largest absolute Gasteiger partial charge is 0.391 e. The Morgan fingerprint density at radius 3 is 2.83 bits per heavy atom. The van der Waals surface area contributed by atoms with Gasteiger partial charge >= 0.3 is 0 Å². The molecule has 1 fully saturated rings. The quantitative estimate of drug-likeness (QED) is 0.614. The van der Waals surface area contributed by atoms with Crippen LogP contribution in [0.15, 0.2) is 35.2 Å². The number of nitrogens with one attached hydrogen (secondary N) is 1. The first-order valence-electron chi connectivity index (χ1n) is 8.44. The van der Waals surface area contributed by atoms with Gasteiger partial charge in [0.1, 0.15) is 0 Å². The van der Waals surface area contributed by atoms with Crippen molar-refractivity contribution in [3.05, 3.63) is 35.9 Å². The van der Waals surface area contributed by atoms with E-state index in [1.165, 1.54) is 4.90 Å². The lowest BCUT2D eigenvalue weighted by Crippen LogP contribution is -2.44. The van der Waals surface area contributed by atoms with Crippen molar-refractivity contribution in [2.75, 3.05) is 5.75 Å². The lowest BCUT2D eigenvalue weighted by atomic mass is 9.92. The topological polar surface area (TPSA) is 49.3 Å². The maximum absolute atomic E-state index is 12.1. The molecule has 126 valence electrons. The zero-order valence-electron chi connectivity index (χ0n) is 14.0. The standard InChI is InChI=1S/C19H27NO2S/c1-14(2)13-23-18-10-6-3-7-15(18)11-12-19(22)20-16-8-4-5-9-17(16)21/h3,6-7,10-12,14,16-17,21H,4-5,8-9,13H2,1-2H3,(H,20,22). The second-order valence-electron chi connectivity index (χ2n) is 6.54. The van der Waals surface area contributed by atoms with E-state index in [2.05, 4.69) is 25.2 Å². The average Bonchev–Trinajstić information content (AvgIpc) is 2.54. The molecule has 23 heavy (non-hydrogen) atoms. The van der Waals surface area contributed by atoms with Gasteiger partial charge in [0.05, 0.1) is 12.1 Å².